The zero-order valence-corrected chi connectivity index (χ0v) is 14.3. The largest absolute Gasteiger partial charge is 0.350 e. The summed E-state index contributed by atoms with van der Waals surface area (Å²) in [6.07, 6.45) is 1.55. The molecule has 0 atom stereocenters. The molecule has 0 aliphatic heterocycles. The van der Waals surface area contributed by atoms with Crippen LogP contribution in [0, 0.1) is 0 Å². The fourth-order valence-electron chi connectivity index (χ4n) is 2.27. The summed E-state index contributed by atoms with van der Waals surface area (Å²) in [7, 11) is 0. The molecule has 0 radical (unpaired) electrons. The van der Waals surface area contributed by atoms with E-state index in [4.69, 9.17) is 5.73 Å². The molecular formula is C18H22N2O2S. The lowest BCUT2D eigenvalue weighted by Gasteiger charge is -2.27. The van der Waals surface area contributed by atoms with E-state index in [0.29, 0.717) is 22.5 Å². The number of hydrogen-bond donors (Lipinski definition) is 2. The van der Waals surface area contributed by atoms with Crippen molar-refractivity contribution in [3.05, 3.63) is 57.8 Å². The molecule has 0 saturated heterocycles. The maximum absolute atomic E-state index is 12.6. The van der Waals surface area contributed by atoms with Crippen LogP contribution in [0.1, 0.15) is 52.3 Å². The molecule has 1 aromatic heterocycles. The van der Waals surface area contributed by atoms with E-state index in [1.165, 1.54) is 11.3 Å². The van der Waals surface area contributed by atoms with Gasteiger partial charge in [0.25, 0.3) is 5.91 Å². The zero-order valence-electron chi connectivity index (χ0n) is 13.5. The number of ketones is 1. The second-order valence-corrected chi connectivity index (χ2v) is 6.55. The van der Waals surface area contributed by atoms with Gasteiger partial charge in [-0.2, -0.15) is 0 Å². The quantitative estimate of drug-likeness (QED) is 0.766. The van der Waals surface area contributed by atoms with Crippen molar-refractivity contribution in [3.8, 4) is 0 Å². The predicted molar refractivity (Wildman–Crippen MR) is 94.0 cm³/mol. The Kier molecular flexibility index (Phi) is 5.69. The third-order valence-corrected chi connectivity index (χ3v) is 5.04. The van der Waals surface area contributed by atoms with Crippen LogP contribution in [0.2, 0.25) is 0 Å². The van der Waals surface area contributed by atoms with E-state index in [0.717, 1.165) is 12.8 Å². The Labute approximate surface area is 140 Å². The van der Waals surface area contributed by atoms with Gasteiger partial charge in [0.15, 0.2) is 0 Å². The van der Waals surface area contributed by atoms with Crippen molar-refractivity contribution >= 4 is 23.0 Å². The van der Waals surface area contributed by atoms with Crippen LogP contribution in [-0.4, -0.2) is 23.8 Å². The summed E-state index contributed by atoms with van der Waals surface area (Å²) in [5.74, 6) is -0.391. The highest BCUT2D eigenvalue weighted by molar-refractivity contribution is 7.12. The number of thiophene rings is 1. The Hall–Kier alpha value is -1.98. The van der Waals surface area contributed by atoms with Gasteiger partial charge in [-0.05, 0) is 30.4 Å². The highest BCUT2D eigenvalue weighted by Gasteiger charge is 2.23. The highest BCUT2D eigenvalue weighted by atomic mass is 32.1. The molecule has 0 spiro atoms. The molecular weight excluding hydrogens is 308 g/mol. The lowest BCUT2D eigenvalue weighted by molar-refractivity contribution is 0.0932. The minimum absolute atomic E-state index is 0.129. The monoisotopic (exact) mass is 330 g/mol. The molecule has 0 saturated carbocycles. The average molecular weight is 330 g/mol. The number of nitrogens with two attached hydrogens (primary N) is 1. The molecule has 1 aromatic carbocycles. The lowest BCUT2D eigenvalue weighted by Crippen LogP contribution is -2.49. The fourth-order valence-corrected chi connectivity index (χ4v) is 2.95. The number of carbonyl (C=O) groups excluding carboxylic acids is 2. The van der Waals surface area contributed by atoms with Gasteiger partial charge in [-0.25, -0.2) is 0 Å². The van der Waals surface area contributed by atoms with E-state index in [-0.39, 0.29) is 11.7 Å². The van der Waals surface area contributed by atoms with Gasteiger partial charge in [-0.3, -0.25) is 9.59 Å². The first kappa shape index (κ1) is 17.4. The van der Waals surface area contributed by atoms with Crippen molar-refractivity contribution in [2.24, 2.45) is 5.73 Å². The molecule has 2 rings (SSSR count). The van der Waals surface area contributed by atoms with E-state index in [1.807, 2.05) is 25.3 Å². The summed E-state index contributed by atoms with van der Waals surface area (Å²) >= 11 is 1.37. The third kappa shape index (κ3) is 4.06. The Morgan fingerprint density at radius 2 is 1.74 bits per heavy atom. The van der Waals surface area contributed by atoms with Crippen LogP contribution in [0.4, 0.5) is 0 Å². The summed E-state index contributed by atoms with van der Waals surface area (Å²) in [5, 5.41) is 4.72. The third-order valence-electron chi connectivity index (χ3n) is 4.17. The van der Waals surface area contributed by atoms with Gasteiger partial charge in [0.1, 0.15) is 0 Å². The number of carbonyl (C=O) groups is 2. The molecule has 1 heterocycles. The fraction of sp³-hybridized carbons (Fsp3) is 0.333. The van der Waals surface area contributed by atoms with Gasteiger partial charge in [-0.15, -0.1) is 11.3 Å². The molecule has 3 N–H and O–H groups in total. The molecule has 0 bridgehead atoms. The first-order valence-corrected chi connectivity index (χ1v) is 8.63. The molecule has 0 aliphatic rings. The SMILES string of the molecule is CCC(N)(CC)CNC(=O)c1ccccc1C(=O)c1cccs1. The number of rotatable bonds is 7. The van der Waals surface area contributed by atoms with Crippen LogP contribution in [0.15, 0.2) is 41.8 Å². The summed E-state index contributed by atoms with van der Waals surface area (Å²) in [6.45, 7) is 4.40. The second-order valence-electron chi connectivity index (χ2n) is 5.60. The first-order valence-electron chi connectivity index (χ1n) is 7.75. The van der Waals surface area contributed by atoms with Crippen molar-refractivity contribution in [1.29, 1.82) is 0 Å². The van der Waals surface area contributed by atoms with Crippen LogP contribution in [0.5, 0.6) is 0 Å². The standard InChI is InChI=1S/C18H22N2O2S/c1-3-18(19,4-2)12-20-17(22)14-9-6-5-8-13(14)16(21)15-10-7-11-23-15/h5-11H,3-4,12,19H2,1-2H3,(H,20,22). The molecule has 2 aromatic rings. The van der Waals surface area contributed by atoms with Crippen molar-refractivity contribution in [2.45, 2.75) is 32.2 Å². The van der Waals surface area contributed by atoms with Crippen LogP contribution in [0.3, 0.4) is 0 Å². The maximum Gasteiger partial charge on any atom is 0.252 e. The summed E-state index contributed by atoms with van der Waals surface area (Å²) in [6, 6.07) is 10.5. The maximum atomic E-state index is 12.6. The van der Waals surface area contributed by atoms with Crippen molar-refractivity contribution in [2.75, 3.05) is 6.54 Å². The predicted octanol–water partition coefficient (Wildman–Crippen LogP) is 3.23. The minimum Gasteiger partial charge on any atom is -0.350 e. The minimum atomic E-state index is -0.414. The molecule has 4 nitrogen and oxygen atoms in total. The number of benzene rings is 1. The molecule has 0 unspecified atom stereocenters. The highest BCUT2D eigenvalue weighted by Crippen LogP contribution is 2.18. The van der Waals surface area contributed by atoms with Gasteiger partial charge in [0.05, 0.1) is 10.4 Å². The van der Waals surface area contributed by atoms with E-state index >= 15 is 0 Å². The molecule has 0 fully saturated rings. The van der Waals surface area contributed by atoms with Crippen molar-refractivity contribution in [1.82, 2.24) is 5.32 Å². The second kappa shape index (κ2) is 7.53. The molecule has 23 heavy (non-hydrogen) atoms. The molecule has 0 aliphatic carbocycles. The summed E-state index contributed by atoms with van der Waals surface area (Å²) in [5.41, 5.74) is 6.61. The van der Waals surface area contributed by atoms with Crippen molar-refractivity contribution < 1.29 is 9.59 Å². The van der Waals surface area contributed by atoms with E-state index in [1.54, 1.807) is 30.3 Å². The Bertz CT molecular complexity index is 676. The van der Waals surface area contributed by atoms with Crippen LogP contribution in [0.25, 0.3) is 0 Å². The van der Waals surface area contributed by atoms with Crippen molar-refractivity contribution in [3.63, 3.8) is 0 Å². The van der Waals surface area contributed by atoms with Crippen LogP contribution >= 0.6 is 11.3 Å². The molecule has 1 amide bonds. The summed E-state index contributed by atoms with van der Waals surface area (Å²) < 4.78 is 0. The van der Waals surface area contributed by atoms with Gasteiger partial charge < -0.3 is 11.1 Å². The van der Waals surface area contributed by atoms with E-state index in [2.05, 4.69) is 5.32 Å². The number of nitrogens with one attached hydrogen (secondary N) is 1. The van der Waals surface area contributed by atoms with Gasteiger partial charge in [-0.1, -0.05) is 38.1 Å². The Morgan fingerprint density at radius 3 is 2.30 bits per heavy atom. The topological polar surface area (TPSA) is 72.2 Å². The van der Waals surface area contributed by atoms with Crippen LogP contribution < -0.4 is 11.1 Å². The normalized spacial score (nSPS) is 11.3. The zero-order chi connectivity index (χ0) is 16.9. The average Bonchev–Trinajstić information content (AvgIpc) is 3.13. The molecule has 122 valence electrons. The van der Waals surface area contributed by atoms with E-state index < -0.39 is 5.54 Å². The number of amides is 1. The Balaban J connectivity index is 2.20. The lowest BCUT2D eigenvalue weighted by atomic mass is 9.94. The van der Waals surface area contributed by atoms with E-state index in [9.17, 15) is 9.59 Å². The number of hydrogen-bond acceptors (Lipinski definition) is 4. The molecule has 5 heteroatoms. The smallest absolute Gasteiger partial charge is 0.252 e. The van der Waals surface area contributed by atoms with Crippen LogP contribution in [-0.2, 0) is 0 Å². The summed E-state index contributed by atoms with van der Waals surface area (Å²) in [4.78, 5) is 25.7. The van der Waals surface area contributed by atoms with Gasteiger partial charge >= 0.3 is 0 Å². The van der Waals surface area contributed by atoms with Gasteiger partial charge in [0, 0.05) is 17.6 Å². The van der Waals surface area contributed by atoms with Gasteiger partial charge in [0.2, 0.25) is 5.78 Å². The Morgan fingerprint density at radius 1 is 1.09 bits per heavy atom. The first-order chi connectivity index (χ1) is 11.0.